The number of aryl methyl sites for hydroxylation is 1. The molecule has 0 radical (unpaired) electrons. The Morgan fingerprint density at radius 3 is 3.05 bits per heavy atom. The second-order valence-corrected chi connectivity index (χ2v) is 5.52. The Hall–Kier alpha value is -2.15. The van der Waals surface area contributed by atoms with Crippen molar-refractivity contribution in [2.45, 2.75) is 32.4 Å². The molecule has 0 aliphatic carbocycles. The molecule has 2 aliphatic rings. The molecule has 4 rings (SSSR count). The van der Waals surface area contributed by atoms with Crippen LogP contribution in [-0.4, -0.2) is 44.7 Å². The minimum Gasteiger partial charge on any atom is -0.379 e. The predicted octanol–water partition coefficient (Wildman–Crippen LogP) is 0.330. The third kappa shape index (κ3) is 1.73. The van der Waals surface area contributed by atoms with Gasteiger partial charge in [-0.3, -0.25) is 9.59 Å². The molecular formula is C14H16N4O3. The Bertz CT molecular complexity index is 785. The van der Waals surface area contributed by atoms with Crippen molar-refractivity contribution in [2.75, 3.05) is 13.2 Å². The molecule has 21 heavy (non-hydrogen) atoms. The molecular weight excluding hydrogens is 272 g/mol. The predicted molar refractivity (Wildman–Crippen MR) is 74.3 cm³/mol. The molecule has 1 unspecified atom stereocenters. The summed E-state index contributed by atoms with van der Waals surface area (Å²) in [4.78, 5) is 29.9. The number of aromatic amines is 1. The molecule has 110 valence electrons. The smallest absolute Gasteiger partial charge is 0.280 e. The number of aromatic nitrogens is 3. The Balaban J connectivity index is 1.82. The van der Waals surface area contributed by atoms with Gasteiger partial charge in [-0.15, -0.1) is 0 Å². The third-order valence-corrected chi connectivity index (χ3v) is 4.28. The summed E-state index contributed by atoms with van der Waals surface area (Å²) in [7, 11) is 0. The summed E-state index contributed by atoms with van der Waals surface area (Å²) in [6, 6.07) is 1.88. The highest BCUT2D eigenvalue weighted by atomic mass is 16.5. The Kier molecular flexibility index (Phi) is 2.65. The van der Waals surface area contributed by atoms with Crippen LogP contribution in [0, 0.1) is 0 Å². The van der Waals surface area contributed by atoms with Crippen LogP contribution in [0.4, 0.5) is 0 Å². The van der Waals surface area contributed by atoms with E-state index in [0.717, 1.165) is 18.5 Å². The number of rotatable bonds is 2. The van der Waals surface area contributed by atoms with E-state index in [1.807, 2.05) is 13.0 Å². The zero-order valence-electron chi connectivity index (χ0n) is 11.8. The molecule has 1 fully saturated rings. The van der Waals surface area contributed by atoms with E-state index < -0.39 is 0 Å². The lowest BCUT2D eigenvalue weighted by atomic mass is 10.2. The molecule has 2 aliphatic heterocycles. The second-order valence-electron chi connectivity index (χ2n) is 5.52. The zero-order chi connectivity index (χ0) is 14.6. The van der Waals surface area contributed by atoms with Crippen LogP contribution in [0.2, 0.25) is 0 Å². The van der Waals surface area contributed by atoms with E-state index >= 15 is 0 Å². The molecule has 1 saturated heterocycles. The van der Waals surface area contributed by atoms with Crippen LogP contribution in [0.5, 0.6) is 0 Å². The maximum Gasteiger partial charge on any atom is 0.280 e. The normalized spacial score (nSPS) is 21.5. The lowest BCUT2D eigenvalue weighted by molar-refractivity contribution is 0.0675. The fourth-order valence-electron chi connectivity index (χ4n) is 3.06. The Morgan fingerprint density at radius 1 is 1.48 bits per heavy atom. The van der Waals surface area contributed by atoms with Gasteiger partial charge in [0.15, 0.2) is 0 Å². The van der Waals surface area contributed by atoms with Crippen molar-refractivity contribution >= 4 is 11.6 Å². The van der Waals surface area contributed by atoms with Crippen molar-refractivity contribution in [1.29, 1.82) is 0 Å². The van der Waals surface area contributed by atoms with Crippen LogP contribution in [-0.2, 0) is 17.7 Å². The summed E-state index contributed by atoms with van der Waals surface area (Å²) in [6.07, 6.45) is 1.57. The van der Waals surface area contributed by atoms with Crippen LogP contribution in [0.15, 0.2) is 10.9 Å². The van der Waals surface area contributed by atoms with Gasteiger partial charge in [-0.05, 0) is 12.8 Å². The van der Waals surface area contributed by atoms with Crippen LogP contribution in [0.1, 0.15) is 35.1 Å². The van der Waals surface area contributed by atoms with E-state index in [1.165, 1.54) is 4.52 Å². The van der Waals surface area contributed by atoms with E-state index in [-0.39, 0.29) is 17.5 Å². The highest BCUT2D eigenvalue weighted by Gasteiger charge is 2.37. The van der Waals surface area contributed by atoms with E-state index in [2.05, 4.69) is 10.1 Å². The molecule has 2 aromatic heterocycles. The van der Waals surface area contributed by atoms with Crippen molar-refractivity contribution in [1.82, 2.24) is 19.5 Å². The highest BCUT2D eigenvalue weighted by Crippen LogP contribution is 2.24. The first-order valence-corrected chi connectivity index (χ1v) is 7.21. The van der Waals surface area contributed by atoms with E-state index in [1.54, 1.807) is 4.90 Å². The van der Waals surface area contributed by atoms with Gasteiger partial charge in [0.25, 0.3) is 11.5 Å². The van der Waals surface area contributed by atoms with Crippen LogP contribution < -0.4 is 5.56 Å². The molecule has 0 saturated carbocycles. The number of H-pyrrole nitrogens is 1. The maximum absolute atomic E-state index is 12.5. The molecule has 0 spiro atoms. The molecule has 1 amide bonds. The average molecular weight is 288 g/mol. The Morgan fingerprint density at radius 2 is 2.33 bits per heavy atom. The highest BCUT2D eigenvalue weighted by molar-refractivity contribution is 5.97. The number of carbonyl (C=O) groups is 1. The number of carbonyl (C=O) groups excluding carboxylic acids is 1. The van der Waals surface area contributed by atoms with Crippen LogP contribution >= 0.6 is 0 Å². The molecule has 7 heteroatoms. The summed E-state index contributed by atoms with van der Waals surface area (Å²) >= 11 is 0. The van der Waals surface area contributed by atoms with Gasteiger partial charge in [-0.25, -0.2) is 0 Å². The van der Waals surface area contributed by atoms with Gasteiger partial charge in [0.2, 0.25) is 0 Å². The fraction of sp³-hybridized carbons (Fsp3) is 0.500. The van der Waals surface area contributed by atoms with Gasteiger partial charge in [0.1, 0.15) is 11.3 Å². The molecule has 0 bridgehead atoms. The number of hydrogen-bond acceptors (Lipinski definition) is 4. The molecule has 4 heterocycles. The summed E-state index contributed by atoms with van der Waals surface area (Å²) in [5, 5.41) is 4.27. The Labute approximate surface area is 120 Å². The maximum atomic E-state index is 12.5. The standard InChI is InChI=1S/C14H16N4O3/c1-2-8-5-11-15-12-10(13(19)18(11)16-8)6-17(14(12)20)9-3-4-21-7-9/h5,9,15H,2-4,6-7H2,1H3. The summed E-state index contributed by atoms with van der Waals surface area (Å²) in [5.41, 5.74) is 2.12. The number of fused-ring (bicyclic) bond motifs is 2. The SMILES string of the molecule is CCc1cc2[nH]c3c(c(=O)n2n1)CN(C1CCOC1)C3=O. The second kappa shape index (κ2) is 4.42. The molecule has 0 aromatic carbocycles. The first-order valence-electron chi connectivity index (χ1n) is 7.21. The van der Waals surface area contributed by atoms with Gasteiger partial charge < -0.3 is 14.6 Å². The number of hydrogen-bond donors (Lipinski definition) is 1. The van der Waals surface area contributed by atoms with E-state index in [0.29, 0.717) is 36.7 Å². The van der Waals surface area contributed by atoms with Gasteiger partial charge >= 0.3 is 0 Å². The number of amides is 1. The molecule has 2 aromatic rings. The molecule has 7 nitrogen and oxygen atoms in total. The fourth-order valence-corrected chi connectivity index (χ4v) is 3.06. The average Bonchev–Trinajstić information content (AvgIpc) is 3.19. The lowest BCUT2D eigenvalue weighted by Gasteiger charge is -2.21. The third-order valence-electron chi connectivity index (χ3n) is 4.28. The summed E-state index contributed by atoms with van der Waals surface area (Å²) in [5.74, 6) is -0.112. The van der Waals surface area contributed by atoms with Crippen molar-refractivity contribution in [3.63, 3.8) is 0 Å². The quantitative estimate of drug-likeness (QED) is 0.863. The summed E-state index contributed by atoms with van der Waals surface area (Å²) in [6.45, 7) is 3.54. The first kappa shape index (κ1) is 12.6. The minimum absolute atomic E-state index is 0.0659. The number of ether oxygens (including phenoxy) is 1. The topological polar surface area (TPSA) is 79.7 Å². The summed E-state index contributed by atoms with van der Waals surface area (Å²) < 4.78 is 6.70. The monoisotopic (exact) mass is 288 g/mol. The zero-order valence-corrected chi connectivity index (χ0v) is 11.8. The lowest BCUT2D eigenvalue weighted by Crippen LogP contribution is -2.36. The van der Waals surface area contributed by atoms with Gasteiger partial charge in [-0.2, -0.15) is 9.61 Å². The van der Waals surface area contributed by atoms with Crippen molar-refractivity contribution < 1.29 is 9.53 Å². The van der Waals surface area contributed by atoms with Crippen LogP contribution in [0.25, 0.3) is 5.65 Å². The van der Waals surface area contributed by atoms with Crippen LogP contribution in [0.3, 0.4) is 0 Å². The van der Waals surface area contributed by atoms with Gasteiger partial charge in [0, 0.05) is 12.7 Å². The number of nitrogens with one attached hydrogen (secondary N) is 1. The minimum atomic E-state index is -0.201. The molecule has 1 N–H and O–H groups in total. The number of nitrogens with zero attached hydrogens (tertiary/aromatic N) is 3. The van der Waals surface area contributed by atoms with Gasteiger partial charge in [0.05, 0.1) is 30.5 Å². The van der Waals surface area contributed by atoms with Crippen molar-refractivity contribution in [3.8, 4) is 0 Å². The first-order chi connectivity index (χ1) is 10.2. The largest absolute Gasteiger partial charge is 0.379 e. The van der Waals surface area contributed by atoms with Crippen molar-refractivity contribution in [3.05, 3.63) is 33.4 Å². The van der Waals surface area contributed by atoms with Crippen molar-refractivity contribution in [2.24, 2.45) is 0 Å². The van der Waals surface area contributed by atoms with Gasteiger partial charge in [-0.1, -0.05) is 6.92 Å². The van der Waals surface area contributed by atoms with E-state index in [9.17, 15) is 9.59 Å². The van der Waals surface area contributed by atoms with E-state index in [4.69, 9.17) is 4.74 Å². The molecule has 1 atom stereocenters.